The van der Waals surface area contributed by atoms with E-state index in [1.807, 2.05) is 0 Å². The number of imidazole rings is 1. The molecule has 0 saturated carbocycles. The number of aromatic amines is 1. The number of methoxy groups -OCH3 is 1. The Morgan fingerprint density at radius 2 is 2.39 bits per heavy atom. The number of hydrogen-bond donors (Lipinski definition) is 2. The molecule has 0 fully saturated rings. The molecule has 0 aliphatic heterocycles. The van der Waals surface area contributed by atoms with Crippen LogP contribution in [0.3, 0.4) is 0 Å². The maximum atomic E-state index is 10.6. The Bertz CT molecular complexity index is 539. The van der Waals surface area contributed by atoms with Crippen LogP contribution in [-0.4, -0.2) is 22.0 Å². The molecule has 0 saturated heterocycles. The number of hydrogen-bond acceptors (Lipinski definition) is 5. The van der Waals surface area contributed by atoms with Crippen molar-refractivity contribution in [2.24, 2.45) is 0 Å². The van der Waals surface area contributed by atoms with Crippen LogP contribution in [-0.2, 0) is 6.54 Å². The molecule has 94 valence electrons. The predicted octanol–water partition coefficient (Wildman–Crippen LogP) is 1.94. The monoisotopic (exact) mass is 248 g/mol. The van der Waals surface area contributed by atoms with E-state index in [0.29, 0.717) is 18.0 Å². The SMILES string of the molecule is COc1cc([N+](=O)[O-])ccc1NCc1cnc[nH]1. The minimum absolute atomic E-state index is 0.000981. The second-order valence-electron chi connectivity index (χ2n) is 3.57. The van der Waals surface area contributed by atoms with Crippen molar-refractivity contribution in [1.29, 1.82) is 0 Å². The smallest absolute Gasteiger partial charge is 0.273 e. The molecule has 2 N–H and O–H groups in total. The van der Waals surface area contributed by atoms with Crippen molar-refractivity contribution in [3.05, 3.63) is 46.5 Å². The second kappa shape index (κ2) is 5.17. The summed E-state index contributed by atoms with van der Waals surface area (Å²) in [5.41, 5.74) is 1.60. The van der Waals surface area contributed by atoms with Gasteiger partial charge in [-0.05, 0) is 6.07 Å². The third kappa shape index (κ3) is 2.57. The summed E-state index contributed by atoms with van der Waals surface area (Å²) in [7, 11) is 1.47. The summed E-state index contributed by atoms with van der Waals surface area (Å²) in [6, 6.07) is 4.43. The molecule has 7 heteroatoms. The number of nitro benzene ring substituents is 1. The van der Waals surface area contributed by atoms with Crippen molar-refractivity contribution >= 4 is 11.4 Å². The maximum Gasteiger partial charge on any atom is 0.273 e. The lowest BCUT2D eigenvalue weighted by Gasteiger charge is -2.09. The van der Waals surface area contributed by atoms with Crippen LogP contribution in [0.2, 0.25) is 0 Å². The number of nitro groups is 1. The molecule has 1 aromatic carbocycles. The zero-order chi connectivity index (χ0) is 13.0. The van der Waals surface area contributed by atoms with Crippen molar-refractivity contribution in [2.75, 3.05) is 12.4 Å². The fourth-order valence-corrected chi connectivity index (χ4v) is 1.51. The zero-order valence-electron chi connectivity index (χ0n) is 9.71. The molecule has 1 heterocycles. The van der Waals surface area contributed by atoms with E-state index in [0.717, 1.165) is 5.69 Å². The Kier molecular flexibility index (Phi) is 3.42. The van der Waals surface area contributed by atoms with Crippen LogP contribution < -0.4 is 10.1 Å². The van der Waals surface area contributed by atoms with Gasteiger partial charge < -0.3 is 15.0 Å². The van der Waals surface area contributed by atoms with Gasteiger partial charge in [0, 0.05) is 12.3 Å². The van der Waals surface area contributed by atoms with Gasteiger partial charge in [-0.15, -0.1) is 0 Å². The minimum Gasteiger partial charge on any atom is -0.494 e. The summed E-state index contributed by atoms with van der Waals surface area (Å²) in [5, 5.41) is 13.8. The van der Waals surface area contributed by atoms with E-state index in [4.69, 9.17) is 4.74 Å². The minimum atomic E-state index is -0.457. The second-order valence-corrected chi connectivity index (χ2v) is 3.57. The van der Waals surface area contributed by atoms with Crippen molar-refractivity contribution in [2.45, 2.75) is 6.54 Å². The number of anilines is 1. The Hall–Kier alpha value is -2.57. The third-order valence-corrected chi connectivity index (χ3v) is 2.42. The molecule has 0 aliphatic carbocycles. The van der Waals surface area contributed by atoms with E-state index in [1.165, 1.54) is 19.2 Å². The highest BCUT2D eigenvalue weighted by Crippen LogP contribution is 2.29. The van der Waals surface area contributed by atoms with Crippen molar-refractivity contribution in [3.8, 4) is 5.75 Å². The Balaban J connectivity index is 2.14. The van der Waals surface area contributed by atoms with Crippen LogP contribution in [0.15, 0.2) is 30.7 Å². The van der Waals surface area contributed by atoms with E-state index >= 15 is 0 Å². The normalized spacial score (nSPS) is 10.1. The number of rotatable bonds is 5. The molecular weight excluding hydrogens is 236 g/mol. The first-order chi connectivity index (χ1) is 8.70. The van der Waals surface area contributed by atoms with Gasteiger partial charge in [0.05, 0.1) is 42.4 Å². The number of H-pyrrole nitrogens is 1. The molecule has 0 atom stereocenters. The van der Waals surface area contributed by atoms with Gasteiger partial charge in [0.2, 0.25) is 0 Å². The van der Waals surface area contributed by atoms with E-state index in [1.54, 1.807) is 18.6 Å². The van der Waals surface area contributed by atoms with E-state index in [-0.39, 0.29) is 5.69 Å². The lowest BCUT2D eigenvalue weighted by atomic mass is 10.2. The Morgan fingerprint density at radius 1 is 1.56 bits per heavy atom. The molecule has 2 aromatic rings. The predicted molar refractivity (Wildman–Crippen MR) is 65.6 cm³/mol. The summed E-state index contributed by atoms with van der Waals surface area (Å²) in [4.78, 5) is 17.0. The van der Waals surface area contributed by atoms with Crippen LogP contribution >= 0.6 is 0 Å². The number of nitrogens with zero attached hydrogens (tertiary/aromatic N) is 2. The Labute approximate surface area is 103 Å². The van der Waals surface area contributed by atoms with Crippen LogP contribution in [0.4, 0.5) is 11.4 Å². The highest BCUT2D eigenvalue weighted by molar-refractivity contribution is 5.60. The van der Waals surface area contributed by atoms with Gasteiger partial charge in [0.25, 0.3) is 5.69 Å². The van der Waals surface area contributed by atoms with E-state index in [9.17, 15) is 10.1 Å². The molecular formula is C11H12N4O3. The fourth-order valence-electron chi connectivity index (χ4n) is 1.51. The first-order valence-electron chi connectivity index (χ1n) is 5.24. The topological polar surface area (TPSA) is 93.1 Å². The standard InChI is InChI=1S/C11H12N4O3/c1-18-11-4-9(15(16)17)2-3-10(11)13-6-8-5-12-7-14-8/h2-5,7,13H,6H2,1H3,(H,12,14). The molecule has 0 unspecified atom stereocenters. The number of benzene rings is 1. The van der Waals surface area contributed by atoms with Crippen molar-refractivity contribution in [1.82, 2.24) is 9.97 Å². The number of nitrogens with one attached hydrogen (secondary N) is 2. The summed E-state index contributed by atoms with van der Waals surface area (Å²) in [6.45, 7) is 0.536. The van der Waals surface area contributed by atoms with E-state index < -0.39 is 4.92 Å². The first kappa shape index (κ1) is 11.9. The highest BCUT2D eigenvalue weighted by Gasteiger charge is 2.11. The van der Waals surface area contributed by atoms with Gasteiger partial charge in [-0.2, -0.15) is 0 Å². The van der Waals surface area contributed by atoms with Crippen LogP contribution in [0, 0.1) is 10.1 Å². The molecule has 2 rings (SSSR count). The molecule has 0 spiro atoms. The zero-order valence-corrected chi connectivity index (χ0v) is 9.71. The summed E-state index contributed by atoms with van der Waals surface area (Å²) >= 11 is 0. The number of ether oxygens (including phenoxy) is 1. The first-order valence-corrected chi connectivity index (χ1v) is 5.24. The van der Waals surface area contributed by atoms with Gasteiger partial charge in [-0.25, -0.2) is 4.98 Å². The van der Waals surface area contributed by atoms with E-state index in [2.05, 4.69) is 15.3 Å². The molecule has 0 amide bonds. The summed E-state index contributed by atoms with van der Waals surface area (Å²) in [5.74, 6) is 0.434. The van der Waals surface area contributed by atoms with Gasteiger partial charge in [0.1, 0.15) is 5.75 Å². The molecule has 0 radical (unpaired) electrons. The van der Waals surface area contributed by atoms with Gasteiger partial charge in [-0.1, -0.05) is 0 Å². The summed E-state index contributed by atoms with van der Waals surface area (Å²) in [6.07, 6.45) is 3.29. The third-order valence-electron chi connectivity index (χ3n) is 2.42. The van der Waals surface area contributed by atoms with Gasteiger partial charge in [-0.3, -0.25) is 10.1 Å². The average Bonchev–Trinajstić information content (AvgIpc) is 2.89. The van der Waals surface area contributed by atoms with Crippen LogP contribution in [0.5, 0.6) is 5.75 Å². The molecule has 18 heavy (non-hydrogen) atoms. The fraction of sp³-hybridized carbons (Fsp3) is 0.182. The number of aromatic nitrogens is 2. The van der Waals surface area contributed by atoms with Gasteiger partial charge >= 0.3 is 0 Å². The van der Waals surface area contributed by atoms with Gasteiger partial charge in [0.15, 0.2) is 0 Å². The van der Waals surface area contributed by atoms with Crippen molar-refractivity contribution in [3.63, 3.8) is 0 Å². The lowest BCUT2D eigenvalue weighted by molar-refractivity contribution is -0.384. The number of non-ortho nitro benzene ring substituents is 1. The molecule has 7 nitrogen and oxygen atoms in total. The maximum absolute atomic E-state index is 10.6. The van der Waals surface area contributed by atoms with Crippen molar-refractivity contribution < 1.29 is 9.66 Å². The quantitative estimate of drug-likeness (QED) is 0.623. The van der Waals surface area contributed by atoms with Crippen LogP contribution in [0.1, 0.15) is 5.69 Å². The molecule has 0 bridgehead atoms. The molecule has 1 aromatic heterocycles. The average molecular weight is 248 g/mol. The Morgan fingerprint density at radius 3 is 3.00 bits per heavy atom. The lowest BCUT2D eigenvalue weighted by Crippen LogP contribution is -2.02. The molecule has 0 aliphatic rings. The van der Waals surface area contributed by atoms with Crippen LogP contribution in [0.25, 0.3) is 0 Å². The highest BCUT2D eigenvalue weighted by atomic mass is 16.6. The summed E-state index contributed by atoms with van der Waals surface area (Å²) < 4.78 is 5.11. The largest absolute Gasteiger partial charge is 0.494 e.